The lowest BCUT2D eigenvalue weighted by molar-refractivity contribution is -0.140. The minimum atomic E-state index is -4.61. The molecule has 156 valence electrons. The van der Waals surface area contributed by atoms with Crippen LogP contribution in [-0.4, -0.2) is 59.5 Å². The highest BCUT2D eigenvalue weighted by atomic mass is 32.2. The molecule has 3 aromatic rings. The molecule has 29 heavy (non-hydrogen) atoms. The Bertz CT molecular complexity index is 1160. The maximum atomic E-state index is 13.1. The number of alkyl halides is 3. The molecule has 1 fully saturated rings. The van der Waals surface area contributed by atoms with Gasteiger partial charge >= 0.3 is 6.18 Å². The lowest BCUT2D eigenvalue weighted by Crippen LogP contribution is -2.50. The number of amides is 1. The monoisotopic (exact) mass is 464 g/mol. The molecule has 0 aliphatic carbocycles. The zero-order valence-electron chi connectivity index (χ0n) is 15.0. The van der Waals surface area contributed by atoms with Crippen LogP contribution in [0.2, 0.25) is 0 Å². The van der Waals surface area contributed by atoms with Gasteiger partial charge in [0.1, 0.15) is 9.04 Å². The predicted octanol–water partition coefficient (Wildman–Crippen LogP) is 2.86. The quantitative estimate of drug-likeness (QED) is 0.598. The Morgan fingerprint density at radius 3 is 2.48 bits per heavy atom. The summed E-state index contributed by atoms with van der Waals surface area (Å²) < 4.78 is 67.2. The molecular weight excluding hydrogens is 449 g/mol. The summed E-state index contributed by atoms with van der Waals surface area (Å²) in [4.78, 5) is 14.7. The van der Waals surface area contributed by atoms with E-state index in [9.17, 15) is 26.4 Å². The third-order valence-corrected chi connectivity index (χ3v) is 9.07. The van der Waals surface area contributed by atoms with E-state index in [2.05, 4.69) is 5.10 Å². The van der Waals surface area contributed by atoms with Gasteiger partial charge in [0.2, 0.25) is 0 Å². The molecule has 1 amide bonds. The molecule has 0 aromatic carbocycles. The van der Waals surface area contributed by atoms with Crippen molar-refractivity contribution >= 4 is 48.8 Å². The predicted molar refractivity (Wildman–Crippen MR) is 103 cm³/mol. The molecule has 1 aliphatic rings. The van der Waals surface area contributed by atoms with Crippen molar-refractivity contribution in [3.8, 4) is 0 Å². The van der Waals surface area contributed by atoms with Gasteiger partial charge in [0.25, 0.3) is 15.9 Å². The van der Waals surface area contributed by atoms with E-state index in [1.54, 1.807) is 11.4 Å². The van der Waals surface area contributed by atoms with E-state index in [-0.39, 0.29) is 45.5 Å². The van der Waals surface area contributed by atoms with E-state index < -0.39 is 27.8 Å². The fourth-order valence-corrected chi connectivity index (χ4v) is 6.79. The smallest absolute Gasteiger partial charge is 0.335 e. The van der Waals surface area contributed by atoms with Crippen molar-refractivity contribution in [3.05, 3.63) is 34.2 Å². The van der Waals surface area contributed by atoms with Gasteiger partial charge in [-0.05, 0) is 17.5 Å². The SMILES string of the molecule is Cn1nc(C(F)(F)F)c2cc(C(=O)N3CCN(S(=O)(=O)c4cccs4)CC3)sc21. The van der Waals surface area contributed by atoms with Gasteiger partial charge < -0.3 is 4.90 Å². The van der Waals surface area contributed by atoms with Crippen molar-refractivity contribution in [1.29, 1.82) is 0 Å². The number of halogens is 3. The topological polar surface area (TPSA) is 75.5 Å². The average molecular weight is 465 g/mol. The van der Waals surface area contributed by atoms with Crippen molar-refractivity contribution in [2.75, 3.05) is 26.2 Å². The third-order valence-electron chi connectivity index (χ3n) is 4.61. The Morgan fingerprint density at radius 1 is 1.21 bits per heavy atom. The van der Waals surface area contributed by atoms with Gasteiger partial charge in [0.05, 0.1) is 4.88 Å². The summed E-state index contributed by atoms with van der Waals surface area (Å²) in [5, 5.41) is 5.07. The number of hydrogen-bond acceptors (Lipinski definition) is 6. The number of fused-ring (bicyclic) bond motifs is 1. The van der Waals surface area contributed by atoms with E-state index in [0.29, 0.717) is 0 Å². The van der Waals surface area contributed by atoms with Gasteiger partial charge in [0, 0.05) is 38.6 Å². The van der Waals surface area contributed by atoms with Gasteiger partial charge in [-0.15, -0.1) is 22.7 Å². The van der Waals surface area contributed by atoms with Crippen LogP contribution in [0.15, 0.2) is 27.8 Å². The maximum absolute atomic E-state index is 13.1. The molecular formula is C16H15F3N4O3S3. The van der Waals surface area contributed by atoms with Crippen molar-refractivity contribution in [2.24, 2.45) is 7.05 Å². The van der Waals surface area contributed by atoms with Crippen LogP contribution >= 0.6 is 22.7 Å². The third kappa shape index (κ3) is 3.56. The summed E-state index contributed by atoms with van der Waals surface area (Å²) in [6, 6.07) is 4.40. The number of carbonyl (C=O) groups is 1. The highest BCUT2D eigenvalue weighted by Gasteiger charge is 2.38. The molecule has 0 unspecified atom stereocenters. The summed E-state index contributed by atoms with van der Waals surface area (Å²) >= 11 is 2.07. The summed E-state index contributed by atoms with van der Waals surface area (Å²) in [7, 11) is -2.19. The Labute approximate surface area is 172 Å². The first-order valence-corrected chi connectivity index (χ1v) is 11.6. The van der Waals surface area contributed by atoms with Crippen LogP contribution in [0.25, 0.3) is 10.2 Å². The Hall–Kier alpha value is -1.96. The number of thiophene rings is 2. The molecule has 0 spiro atoms. The molecule has 0 saturated carbocycles. The number of hydrogen-bond donors (Lipinski definition) is 0. The zero-order chi connectivity index (χ0) is 21.0. The molecule has 7 nitrogen and oxygen atoms in total. The number of carbonyl (C=O) groups excluding carboxylic acids is 1. The van der Waals surface area contributed by atoms with Crippen LogP contribution in [0.5, 0.6) is 0 Å². The fraction of sp³-hybridized carbons (Fsp3) is 0.375. The van der Waals surface area contributed by atoms with Crippen LogP contribution in [0.3, 0.4) is 0 Å². The van der Waals surface area contributed by atoms with Crippen molar-refractivity contribution in [1.82, 2.24) is 19.0 Å². The summed E-state index contributed by atoms with van der Waals surface area (Å²) in [5.41, 5.74) is -1.02. The lowest BCUT2D eigenvalue weighted by atomic mass is 10.2. The number of sulfonamides is 1. The number of piperazine rings is 1. The second-order valence-corrected chi connectivity index (χ2v) is 10.6. The van der Waals surface area contributed by atoms with Gasteiger partial charge in [-0.1, -0.05) is 6.07 Å². The first kappa shape index (κ1) is 20.3. The molecule has 4 heterocycles. The van der Waals surface area contributed by atoms with E-state index >= 15 is 0 Å². The van der Waals surface area contributed by atoms with Crippen molar-refractivity contribution < 1.29 is 26.4 Å². The lowest BCUT2D eigenvalue weighted by Gasteiger charge is -2.33. The van der Waals surface area contributed by atoms with E-state index in [1.165, 1.54) is 28.4 Å². The minimum Gasteiger partial charge on any atom is -0.335 e. The van der Waals surface area contributed by atoms with Crippen molar-refractivity contribution in [2.45, 2.75) is 10.4 Å². The minimum absolute atomic E-state index is 0.104. The van der Waals surface area contributed by atoms with Crippen LogP contribution in [0.1, 0.15) is 15.4 Å². The van der Waals surface area contributed by atoms with Crippen LogP contribution in [0.4, 0.5) is 13.2 Å². The molecule has 1 saturated heterocycles. The van der Waals surface area contributed by atoms with Gasteiger partial charge in [0.15, 0.2) is 5.69 Å². The average Bonchev–Trinajstić information content (AvgIpc) is 3.39. The maximum Gasteiger partial charge on any atom is 0.435 e. The first-order chi connectivity index (χ1) is 13.6. The summed E-state index contributed by atoms with van der Waals surface area (Å²) in [6.45, 7) is 0.600. The zero-order valence-corrected chi connectivity index (χ0v) is 17.5. The molecule has 1 aliphatic heterocycles. The summed E-state index contributed by atoms with van der Waals surface area (Å²) in [6.07, 6.45) is -4.61. The van der Waals surface area contributed by atoms with E-state index in [4.69, 9.17) is 0 Å². The molecule has 0 bridgehead atoms. The standard InChI is InChI=1S/C16H15F3N4O3S3/c1-21-15-10(13(20-21)16(17,18)19)9-11(28-15)14(24)22-4-6-23(7-5-22)29(25,26)12-3-2-8-27-12/h2-3,8-9H,4-7H2,1H3. The largest absolute Gasteiger partial charge is 0.435 e. The van der Waals surface area contributed by atoms with Gasteiger partial charge in [-0.25, -0.2) is 8.42 Å². The highest BCUT2D eigenvalue weighted by molar-refractivity contribution is 7.91. The number of aryl methyl sites for hydroxylation is 1. The van der Waals surface area contributed by atoms with E-state index in [0.717, 1.165) is 27.4 Å². The molecule has 0 atom stereocenters. The Balaban J connectivity index is 1.52. The molecule has 0 N–H and O–H groups in total. The van der Waals surface area contributed by atoms with Crippen molar-refractivity contribution in [3.63, 3.8) is 0 Å². The van der Waals surface area contributed by atoms with Crippen LogP contribution in [-0.2, 0) is 23.2 Å². The molecule has 4 rings (SSSR count). The highest BCUT2D eigenvalue weighted by Crippen LogP contribution is 2.37. The Kier molecular flexibility index (Phi) is 4.96. The molecule has 3 aromatic heterocycles. The second-order valence-electron chi connectivity index (χ2n) is 6.43. The van der Waals surface area contributed by atoms with Crippen LogP contribution in [0, 0.1) is 0 Å². The normalized spacial score (nSPS) is 16.6. The number of aromatic nitrogens is 2. The van der Waals surface area contributed by atoms with Gasteiger partial charge in [-0.2, -0.15) is 22.6 Å². The first-order valence-electron chi connectivity index (χ1n) is 8.45. The fourth-order valence-electron chi connectivity index (χ4n) is 3.18. The summed E-state index contributed by atoms with van der Waals surface area (Å²) in [5.74, 6) is -0.410. The molecule has 13 heteroatoms. The Morgan fingerprint density at radius 2 is 1.90 bits per heavy atom. The van der Waals surface area contributed by atoms with E-state index in [1.807, 2.05) is 0 Å². The number of nitrogens with zero attached hydrogens (tertiary/aromatic N) is 4. The molecule has 0 radical (unpaired) electrons. The van der Waals surface area contributed by atoms with Gasteiger partial charge in [-0.3, -0.25) is 9.48 Å². The number of rotatable bonds is 3. The second kappa shape index (κ2) is 7.07. The van der Waals surface area contributed by atoms with Crippen LogP contribution < -0.4 is 0 Å².